The third-order valence-corrected chi connectivity index (χ3v) is 2.79. The summed E-state index contributed by atoms with van der Waals surface area (Å²) in [4.78, 5) is 34.6. The molecule has 0 aromatic carbocycles. The van der Waals surface area contributed by atoms with Crippen LogP contribution in [-0.4, -0.2) is 46.5 Å². The summed E-state index contributed by atoms with van der Waals surface area (Å²) in [5.74, 6) is -1.72. The first-order chi connectivity index (χ1) is 9.99. The average Bonchev–Trinajstić information content (AvgIpc) is 2.45. The van der Waals surface area contributed by atoms with Crippen LogP contribution in [-0.2, 0) is 16.1 Å². The van der Waals surface area contributed by atoms with Crippen molar-refractivity contribution < 1.29 is 19.4 Å². The van der Waals surface area contributed by atoms with Crippen LogP contribution < -0.4 is 10.9 Å². The molecule has 0 radical (unpaired) electrons. The number of carboxylic acids is 1. The predicted octanol–water partition coefficient (Wildman–Crippen LogP) is -0.127. The van der Waals surface area contributed by atoms with Gasteiger partial charge in [0.1, 0.15) is 11.7 Å². The van der Waals surface area contributed by atoms with Gasteiger partial charge in [-0.3, -0.25) is 9.59 Å². The molecule has 1 aromatic rings. The van der Waals surface area contributed by atoms with Gasteiger partial charge in [0.25, 0.3) is 11.5 Å². The molecular weight excluding hydrogens is 278 g/mol. The Balaban J connectivity index is 2.86. The molecule has 0 fully saturated rings. The molecule has 0 aliphatic rings. The van der Waals surface area contributed by atoms with Crippen molar-refractivity contribution >= 4 is 11.9 Å². The maximum Gasteiger partial charge on any atom is 0.326 e. The first-order valence-electron chi connectivity index (χ1n) is 6.60. The Morgan fingerprint density at radius 1 is 1.48 bits per heavy atom. The molecule has 0 spiro atoms. The number of nitrogens with zero attached hydrogens (tertiary/aromatic N) is 2. The van der Waals surface area contributed by atoms with E-state index in [1.165, 1.54) is 19.2 Å². The Morgan fingerprint density at radius 3 is 2.76 bits per heavy atom. The molecule has 1 rings (SSSR count). The van der Waals surface area contributed by atoms with Crippen molar-refractivity contribution in [3.63, 3.8) is 0 Å². The Bertz CT molecular complexity index is 555. The molecule has 116 valence electrons. The molecule has 0 aliphatic heterocycles. The van der Waals surface area contributed by atoms with E-state index in [1.54, 1.807) is 0 Å². The summed E-state index contributed by atoms with van der Waals surface area (Å²) in [6.45, 7) is 2.32. The quantitative estimate of drug-likeness (QED) is 0.691. The van der Waals surface area contributed by atoms with Crippen LogP contribution in [0.15, 0.2) is 16.9 Å². The van der Waals surface area contributed by atoms with Gasteiger partial charge in [0.05, 0.1) is 13.2 Å². The van der Waals surface area contributed by atoms with Crippen molar-refractivity contribution in [3.05, 3.63) is 28.2 Å². The molecule has 1 heterocycles. The smallest absolute Gasteiger partial charge is 0.326 e. The number of carbonyl (C=O) groups is 2. The second-order valence-corrected chi connectivity index (χ2v) is 4.43. The van der Waals surface area contributed by atoms with Crippen LogP contribution in [0, 0.1) is 0 Å². The summed E-state index contributed by atoms with van der Waals surface area (Å²) in [5, 5.41) is 15.3. The standard InChI is InChI=1S/C13H19N3O5/c1-3-4-10(13(19)20)14-12(18)9-5-6-11(17)16(15-9)7-8-21-2/h5-6,10H,3-4,7-8H2,1-2H3,(H,14,18)(H,19,20)/t10-/m0/s1. The number of aliphatic carboxylic acids is 1. The molecule has 0 saturated heterocycles. The van der Waals surface area contributed by atoms with E-state index in [1.807, 2.05) is 6.92 Å². The lowest BCUT2D eigenvalue weighted by molar-refractivity contribution is -0.139. The molecule has 0 aliphatic carbocycles. The van der Waals surface area contributed by atoms with Crippen LogP contribution in [0.1, 0.15) is 30.3 Å². The number of hydrogen-bond acceptors (Lipinski definition) is 5. The van der Waals surface area contributed by atoms with Crippen LogP contribution >= 0.6 is 0 Å². The highest BCUT2D eigenvalue weighted by Gasteiger charge is 2.20. The topological polar surface area (TPSA) is 111 Å². The van der Waals surface area contributed by atoms with Crippen molar-refractivity contribution in [1.29, 1.82) is 0 Å². The number of ether oxygens (including phenoxy) is 1. The summed E-state index contributed by atoms with van der Waals surface area (Å²) in [7, 11) is 1.49. The van der Waals surface area contributed by atoms with Gasteiger partial charge in [-0.15, -0.1) is 0 Å². The van der Waals surface area contributed by atoms with Crippen LogP contribution in [0.25, 0.3) is 0 Å². The Labute approximate surface area is 121 Å². The predicted molar refractivity (Wildman–Crippen MR) is 74.2 cm³/mol. The lowest BCUT2D eigenvalue weighted by Gasteiger charge is -2.13. The highest BCUT2D eigenvalue weighted by Crippen LogP contribution is 1.99. The van der Waals surface area contributed by atoms with Crippen molar-refractivity contribution in [3.8, 4) is 0 Å². The van der Waals surface area contributed by atoms with Gasteiger partial charge in [-0.1, -0.05) is 13.3 Å². The number of nitrogens with one attached hydrogen (secondary N) is 1. The maximum atomic E-state index is 12.0. The lowest BCUT2D eigenvalue weighted by atomic mass is 10.1. The van der Waals surface area contributed by atoms with E-state index in [9.17, 15) is 14.4 Å². The summed E-state index contributed by atoms with van der Waals surface area (Å²) < 4.78 is 5.96. The molecule has 2 N–H and O–H groups in total. The van der Waals surface area contributed by atoms with Gasteiger partial charge in [0.15, 0.2) is 0 Å². The minimum Gasteiger partial charge on any atom is -0.480 e. The zero-order valence-corrected chi connectivity index (χ0v) is 12.0. The second kappa shape index (κ2) is 8.15. The van der Waals surface area contributed by atoms with E-state index in [0.29, 0.717) is 12.8 Å². The highest BCUT2D eigenvalue weighted by atomic mass is 16.5. The largest absolute Gasteiger partial charge is 0.480 e. The van der Waals surface area contributed by atoms with Gasteiger partial charge < -0.3 is 15.2 Å². The molecule has 1 amide bonds. The van der Waals surface area contributed by atoms with E-state index in [0.717, 1.165) is 4.68 Å². The van der Waals surface area contributed by atoms with Crippen LogP contribution in [0.2, 0.25) is 0 Å². The first kappa shape index (κ1) is 16.8. The molecule has 8 heteroatoms. The van der Waals surface area contributed by atoms with Crippen molar-refractivity contribution in [1.82, 2.24) is 15.1 Å². The molecule has 0 bridgehead atoms. The molecular formula is C13H19N3O5. The normalized spacial score (nSPS) is 11.9. The van der Waals surface area contributed by atoms with E-state index < -0.39 is 17.9 Å². The van der Waals surface area contributed by atoms with E-state index in [2.05, 4.69) is 10.4 Å². The second-order valence-electron chi connectivity index (χ2n) is 4.43. The number of aromatic nitrogens is 2. The Morgan fingerprint density at radius 2 is 2.19 bits per heavy atom. The number of methoxy groups -OCH3 is 1. The molecule has 0 unspecified atom stereocenters. The van der Waals surface area contributed by atoms with Gasteiger partial charge in [0, 0.05) is 13.2 Å². The van der Waals surface area contributed by atoms with Gasteiger partial charge in [-0.05, 0) is 12.5 Å². The van der Waals surface area contributed by atoms with Gasteiger partial charge in [0.2, 0.25) is 0 Å². The number of carbonyl (C=O) groups excluding carboxylic acids is 1. The Kier molecular flexibility index (Phi) is 6.54. The third-order valence-electron chi connectivity index (χ3n) is 2.79. The van der Waals surface area contributed by atoms with E-state index in [-0.39, 0.29) is 24.4 Å². The minimum atomic E-state index is -1.10. The summed E-state index contributed by atoms with van der Waals surface area (Å²) in [6, 6.07) is 1.52. The fourth-order valence-corrected chi connectivity index (χ4v) is 1.69. The monoisotopic (exact) mass is 297 g/mol. The van der Waals surface area contributed by atoms with Gasteiger partial charge in [-0.25, -0.2) is 9.48 Å². The lowest BCUT2D eigenvalue weighted by Crippen LogP contribution is -2.41. The minimum absolute atomic E-state index is 0.00643. The SMILES string of the molecule is CCC[C@H](NC(=O)c1ccc(=O)n(CCOC)n1)C(=O)O. The van der Waals surface area contributed by atoms with Crippen molar-refractivity contribution in [2.75, 3.05) is 13.7 Å². The van der Waals surface area contributed by atoms with E-state index in [4.69, 9.17) is 9.84 Å². The third kappa shape index (κ3) is 4.99. The van der Waals surface area contributed by atoms with Crippen molar-refractivity contribution in [2.24, 2.45) is 0 Å². The zero-order chi connectivity index (χ0) is 15.8. The maximum absolute atomic E-state index is 12.0. The molecule has 1 atom stereocenters. The summed E-state index contributed by atoms with van der Waals surface area (Å²) >= 11 is 0. The number of rotatable bonds is 8. The van der Waals surface area contributed by atoms with Crippen molar-refractivity contribution in [2.45, 2.75) is 32.4 Å². The summed E-state index contributed by atoms with van der Waals surface area (Å²) in [5.41, 5.74) is -0.361. The summed E-state index contributed by atoms with van der Waals surface area (Å²) in [6.07, 6.45) is 0.947. The van der Waals surface area contributed by atoms with Gasteiger partial charge in [-0.2, -0.15) is 5.10 Å². The molecule has 21 heavy (non-hydrogen) atoms. The number of amides is 1. The number of carboxylic acid groups (broad SMARTS) is 1. The fraction of sp³-hybridized carbons (Fsp3) is 0.538. The molecule has 8 nitrogen and oxygen atoms in total. The molecule has 1 aromatic heterocycles. The average molecular weight is 297 g/mol. The van der Waals surface area contributed by atoms with Crippen LogP contribution in [0.4, 0.5) is 0 Å². The zero-order valence-electron chi connectivity index (χ0n) is 12.0. The van der Waals surface area contributed by atoms with Crippen LogP contribution in [0.5, 0.6) is 0 Å². The first-order valence-corrected chi connectivity index (χ1v) is 6.60. The Hall–Kier alpha value is -2.22. The van der Waals surface area contributed by atoms with E-state index >= 15 is 0 Å². The number of hydrogen-bond donors (Lipinski definition) is 2. The highest BCUT2D eigenvalue weighted by molar-refractivity contribution is 5.94. The van der Waals surface area contributed by atoms with Gasteiger partial charge >= 0.3 is 5.97 Å². The fourth-order valence-electron chi connectivity index (χ4n) is 1.69. The van der Waals surface area contributed by atoms with Crippen LogP contribution in [0.3, 0.4) is 0 Å². The molecule has 0 saturated carbocycles.